The summed E-state index contributed by atoms with van der Waals surface area (Å²) in [6.07, 6.45) is 4.88. The first-order valence-electron chi connectivity index (χ1n) is 11.0. The molecule has 3 fully saturated rings. The van der Waals surface area contributed by atoms with Gasteiger partial charge in [-0.1, -0.05) is 38.1 Å². The van der Waals surface area contributed by atoms with Crippen molar-refractivity contribution >= 4 is 29.4 Å². The molecule has 5 heteroatoms. The maximum Gasteiger partial charge on any atom is 0.223 e. The van der Waals surface area contributed by atoms with Crippen LogP contribution in [0.15, 0.2) is 24.3 Å². The predicted octanol–water partition coefficient (Wildman–Crippen LogP) is 4.76. The molecule has 2 atom stereocenters. The van der Waals surface area contributed by atoms with Crippen molar-refractivity contribution in [3.8, 4) is 0 Å². The van der Waals surface area contributed by atoms with E-state index in [2.05, 4.69) is 71.9 Å². The Morgan fingerprint density at radius 3 is 2.18 bits per heavy atom. The second-order valence-corrected chi connectivity index (χ2v) is 11.6. The molecule has 28 heavy (non-hydrogen) atoms. The Morgan fingerprint density at radius 2 is 1.61 bits per heavy atom. The molecule has 1 amide bonds. The van der Waals surface area contributed by atoms with E-state index in [0.717, 1.165) is 44.3 Å². The van der Waals surface area contributed by atoms with Gasteiger partial charge in [-0.25, -0.2) is 0 Å². The molecule has 1 saturated heterocycles. The molecule has 0 radical (unpaired) electrons. The third-order valence-corrected chi connectivity index (χ3v) is 11.1. The molecule has 3 aliphatic rings. The fourth-order valence-corrected chi connectivity index (χ4v) is 9.35. The summed E-state index contributed by atoms with van der Waals surface area (Å²) in [5.41, 5.74) is 2.55. The maximum absolute atomic E-state index is 12.9. The van der Waals surface area contributed by atoms with Crippen LogP contribution in [-0.4, -0.2) is 39.5 Å². The lowest BCUT2D eigenvalue weighted by Gasteiger charge is -2.42. The van der Waals surface area contributed by atoms with Gasteiger partial charge in [-0.15, -0.1) is 23.5 Å². The van der Waals surface area contributed by atoms with Crippen molar-refractivity contribution in [2.75, 3.05) is 24.6 Å². The van der Waals surface area contributed by atoms with E-state index in [9.17, 15) is 4.79 Å². The highest BCUT2D eigenvalue weighted by Crippen LogP contribution is 2.65. The molecular formula is C23H34N2OS2. The smallest absolute Gasteiger partial charge is 0.223 e. The Morgan fingerprint density at radius 1 is 1.04 bits per heavy atom. The standard InChI is InChI=1S/C23H34N2OS2/c1-3-25(4-2)16-18-7-5-17(6-8-18)15-24-22(26)19-13-20-9-10-21(14-19)23(20)27-11-12-28-23/h5-8,19-21H,3-4,9-16H2,1-2H3,(H,24,26). The Hall–Kier alpha value is -0.650. The maximum atomic E-state index is 12.9. The van der Waals surface area contributed by atoms with Gasteiger partial charge in [0.1, 0.15) is 0 Å². The first-order chi connectivity index (χ1) is 13.6. The number of amides is 1. The third kappa shape index (κ3) is 4.13. The molecule has 154 valence electrons. The van der Waals surface area contributed by atoms with E-state index in [1.165, 1.54) is 35.5 Å². The minimum absolute atomic E-state index is 0.229. The van der Waals surface area contributed by atoms with Crippen LogP contribution in [-0.2, 0) is 17.9 Å². The van der Waals surface area contributed by atoms with E-state index in [1.54, 1.807) is 0 Å². The van der Waals surface area contributed by atoms with Gasteiger partial charge in [-0.3, -0.25) is 9.69 Å². The average Bonchev–Trinajstić information content (AvgIpc) is 3.26. The van der Waals surface area contributed by atoms with Gasteiger partial charge in [-0.05, 0) is 61.7 Å². The first kappa shape index (κ1) is 20.6. The molecule has 2 aliphatic carbocycles. The van der Waals surface area contributed by atoms with Gasteiger partial charge in [0.15, 0.2) is 0 Å². The summed E-state index contributed by atoms with van der Waals surface area (Å²) in [4.78, 5) is 15.3. The van der Waals surface area contributed by atoms with E-state index in [-0.39, 0.29) is 11.8 Å². The van der Waals surface area contributed by atoms with Crippen LogP contribution in [0.25, 0.3) is 0 Å². The minimum Gasteiger partial charge on any atom is -0.352 e. The van der Waals surface area contributed by atoms with Gasteiger partial charge in [-0.2, -0.15) is 0 Å². The van der Waals surface area contributed by atoms with Crippen LogP contribution in [0.3, 0.4) is 0 Å². The van der Waals surface area contributed by atoms with Crippen LogP contribution >= 0.6 is 23.5 Å². The van der Waals surface area contributed by atoms with E-state index >= 15 is 0 Å². The van der Waals surface area contributed by atoms with Gasteiger partial charge in [0.2, 0.25) is 5.91 Å². The van der Waals surface area contributed by atoms with Crippen molar-refractivity contribution < 1.29 is 4.79 Å². The summed E-state index contributed by atoms with van der Waals surface area (Å²) in [5.74, 6) is 4.62. The summed E-state index contributed by atoms with van der Waals surface area (Å²) in [6, 6.07) is 8.76. The normalized spacial score (nSPS) is 28.2. The van der Waals surface area contributed by atoms with Crippen molar-refractivity contribution in [1.29, 1.82) is 0 Å². The Bertz CT molecular complexity index is 652. The van der Waals surface area contributed by atoms with E-state index < -0.39 is 0 Å². The van der Waals surface area contributed by atoms with E-state index in [0.29, 0.717) is 10.6 Å². The molecule has 4 rings (SSSR count). The molecule has 1 N–H and O–H groups in total. The monoisotopic (exact) mass is 418 g/mol. The molecule has 1 spiro atoms. The molecule has 1 heterocycles. The molecule has 3 nitrogen and oxygen atoms in total. The van der Waals surface area contributed by atoms with Crippen LogP contribution in [0, 0.1) is 17.8 Å². The summed E-state index contributed by atoms with van der Waals surface area (Å²) in [7, 11) is 0. The zero-order chi connectivity index (χ0) is 19.6. The van der Waals surface area contributed by atoms with Gasteiger partial charge in [0.25, 0.3) is 0 Å². The topological polar surface area (TPSA) is 32.3 Å². The second kappa shape index (κ2) is 9.01. The highest BCUT2D eigenvalue weighted by Gasteiger charge is 2.57. The fourth-order valence-electron chi connectivity index (χ4n) is 5.42. The molecule has 0 aromatic heterocycles. The molecule has 1 aliphatic heterocycles. The van der Waals surface area contributed by atoms with Crippen LogP contribution in [0.5, 0.6) is 0 Å². The zero-order valence-electron chi connectivity index (χ0n) is 17.3. The van der Waals surface area contributed by atoms with Crippen molar-refractivity contribution in [1.82, 2.24) is 10.2 Å². The average molecular weight is 419 g/mol. The number of nitrogens with zero attached hydrogens (tertiary/aromatic N) is 1. The number of hydrogen-bond acceptors (Lipinski definition) is 4. The number of thioether (sulfide) groups is 2. The number of hydrogen-bond donors (Lipinski definition) is 1. The summed E-state index contributed by atoms with van der Waals surface area (Å²) in [6.45, 7) is 8.23. The lowest BCUT2D eigenvalue weighted by Crippen LogP contribution is -2.42. The summed E-state index contributed by atoms with van der Waals surface area (Å²) < 4.78 is 0.470. The van der Waals surface area contributed by atoms with Crippen molar-refractivity contribution in [2.24, 2.45) is 17.8 Å². The number of carbonyl (C=O) groups excluding carboxylic acids is 1. The van der Waals surface area contributed by atoms with Crippen LogP contribution in [0.4, 0.5) is 0 Å². The predicted molar refractivity (Wildman–Crippen MR) is 121 cm³/mol. The molecule has 1 aromatic carbocycles. The van der Waals surface area contributed by atoms with Gasteiger partial charge in [0.05, 0.1) is 4.08 Å². The number of rotatable bonds is 7. The van der Waals surface area contributed by atoms with Crippen molar-refractivity contribution in [3.05, 3.63) is 35.4 Å². The molecule has 1 aromatic rings. The van der Waals surface area contributed by atoms with Gasteiger partial charge >= 0.3 is 0 Å². The number of benzene rings is 1. The van der Waals surface area contributed by atoms with Crippen molar-refractivity contribution in [3.63, 3.8) is 0 Å². The lowest BCUT2D eigenvalue weighted by atomic mass is 9.79. The largest absolute Gasteiger partial charge is 0.352 e. The zero-order valence-corrected chi connectivity index (χ0v) is 18.9. The second-order valence-electron chi connectivity index (χ2n) is 8.55. The molecule has 2 saturated carbocycles. The lowest BCUT2D eigenvalue weighted by molar-refractivity contribution is -0.126. The molecule has 2 unspecified atom stereocenters. The van der Waals surface area contributed by atoms with Gasteiger partial charge < -0.3 is 5.32 Å². The Kier molecular flexibility index (Phi) is 6.63. The Labute approximate surface area is 178 Å². The SMILES string of the molecule is CCN(CC)Cc1ccc(CNC(=O)C2CC3CCC(C2)C32SCCS2)cc1. The number of carbonyl (C=O) groups is 1. The highest BCUT2D eigenvalue weighted by molar-refractivity contribution is 8.21. The quantitative estimate of drug-likeness (QED) is 0.692. The van der Waals surface area contributed by atoms with E-state index in [4.69, 9.17) is 0 Å². The van der Waals surface area contributed by atoms with Crippen LogP contribution in [0.2, 0.25) is 0 Å². The van der Waals surface area contributed by atoms with E-state index in [1.807, 2.05) is 0 Å². The highest BCUT2D eigenvalue weighted by atomic mass is 32.2. The first-order valence-corrected chi connectivity index (χ1v) is 13.0. The summed E-state index contributed by atoms with van der Waals surface area (Å²) in [5, 5.41) is 3.24. The fraction of sp³-hybridized carbons (Fsp3) is 0.696. The minimum atomic E-state index is 0.229. The molecular weight excluding hydrogens is 384 g/mol. The Balaban J connectivity index is 1.28. The summed E-state index contributed by atoms with van der Waals surface area (Å²) >= 11 is 4.41. The van der Waals surface area contributed by atoms with Crippen LogP contribution < -0.4 is 5.32 Å². The number of nitrogens with one attached hydrogen (secondary N) is 1. The third-order valence-electron chi connectivity index (χ3n) is 7.04. The van der Waals surface area contributed by atoms with Crippen molar-refractivity contribution in [2.45, 2.75) is 56.7 Å². The van der Waals surface area contributed by atoms with Crippen LogP contribution in [0.1, 0.15) is 50.7 Å². The van der Waals surface area contributed by atoms with Gasteiger partial charge in [0, 0.05) is 30.5 Å². The molecule has 2 bridgehead atoms.